The summed E-state index contributed by atoms with van der Waals surface area (Å²) in [6.07, 6.45) is 1.88. The molecule has 0 saturated heterocycles. The Kier molecular flexibility index (Phi) is 2.26. The first-order valence-corrected chi connectivity index (χ1v) is 4.74. The van der Waals surface area contributed by atoms with Crippen molar-refractivity contribution < 1.29 is 4.79 Å². The van der Waals surface area contributed by atoms with E-state index >= 15 is 0 Å². The summed E-state index contributed by atoms with van der Waals surface area (Å²) < 4.78 is 0. The van der Waals surface area contributed by atoms with Crippen molar-refractivity contribution in [3.8, 4) is 0 Å². The lowest BCUT2D eigenvalue weighted by Crippen LogP contribution is -1.87. The molecule has 1 heterocycles. The van der Waals surface area contributed by atoms with Crippen molar-refractivity contribution in [2.24, 2.45) is 5.92 Å². The molecule has 1 aliphatic carbocycles. The maximum Gasteiger partial charge on any atom is 0.131 e. The first-order chi connectivity index (χ1) is 6.20. The van der Waals surface area contributed by atoms with Crippen molar-refractivity contribution in [3.63, 3.8) is 0 Å². The highest BCUT2D eigenvalue weighted by Crippen LogP contribution is 2.46. The third kappa shape index (κ3) is 1.84. The van der Waals surface area contributed by atoms with Crippen LogP contribution in [0.1, 0.15) is 17.9 Å². The molecule has 2 rings (SSSR count). The molecule has 0 spiro atoms. The summed E-state index contributed by atoms with van der Waals surface area (Å²) in [6.45, 7) is 0. The predicted molar refractivity (Wildman–Crippen MR) is 51.2 cm³/mol. The highest BCUT2D eigenvalue weighted by Gasteiger charge is 2.38. The minimum Gasteiger partial charge on any atom is -0.303 e. The molecule has 0 aromatic carbocycles. The maximum absolute atomic E-state index is 10.4. The quantitative estimate of drug-likeness (QED) is 0.561. The van der Waals surface area contributed by atoms with Crippen LogP contribution in [0.15, 0.2) is 12.1 Å². The van der Waals surface area contributed by atoms with Crippen LogP contribution in [0.25, 0.3) is 0 Å². The molecule has 2 nitrogen and oxygen atoms in total. The summed E-state index contributed by atoms with van der Waals surface area (Å²) in [4.78, 5) is 14.3. The van der Waals surface area contributed by atoms with Crippen LogP contribution in [-0.4, -0.2) is 11.3 Å². The normalized spacial score (nSPS) is 25.7. The molecule has 1 aliphatic rings. The Morgan fingerprint density at radius 2 is 2.00 bits per heavy atom. The summed E-state index contributed by atoms with van der Waals surface area (Å²) in [7, 11) is 0. The van der Waals surface area contributed by atoms with Crippen LogP contribution in [0, 0.1) is 5.92 Å². The first-order valence-electron chi connectivity index (χ1n) is 3.99. The molecule has 0 aliphatic heterocycles. The van der Waals surface area contributed by atoms with Gasteiger partial charge in [-0.3, -0.25) is 0 Å². The lowest BCUT2D eigenvalue weighted by Gasteiger charge is -1.99. The Hall–Kier alpha value is -0.600. The smallest absolute Gasteiger partial charge is 0.131 e. The molecule has 4 heteroatoms. The molecule has 13 heavy (non-hydrogen) atoms. The summed E-state index contributed by atoms with van der Waals surface area (Å²) >= 11 is 11.5. The van der Waals surface area contributed by atoms with Crippen molar-refractivity contribution in [2.45, 2.75) is 12.3 Å². The van der Waals surface area contributed by atoms with E-state index in [9.17, 15) is 4.79 Å². The van der Waals surface area contributed by atoms with Gasteiger partial charge in [-0.25, -0.2) is 4.98 Å². The minimum atomic E-state index is 0.148. The van der Waals surface area contributed by atoms with E-state index in [1.807, 2.05) is 0 Å². The topological polar surface area (TPSA) is 30.0 Å². The fourth-order valence-electron chi connectivity index (χ4n) is 1.45. The van der Waals surface area contributed by atoms with Crippen LogP contribution in [0.5, 0.6) is 0 Å². The molecular weight excluding hydrogens is 209 g/mol. The van der Waals surface area contributed by atoms with Crippen molar-refractivity contribution >= 4 is 29.5 Å². The number of aromatic nitrogens is 1. The number of pyridine rings is 1. The van der Waals surface area contributed by atoms with Gasteiger partial charge in [0, 0.05) is 5.92 Å². The van der Waals surface area contributed by atoms with Gasteiger partial charge in [0.25, 0.3) is 0 Å². The molecule has 1 aromatic rings. The van der Waals surface area contributed by atoms with Crippen molar-refractivity contribution in [3.05, 3.63) is 28.0 Å². The molecule has 0 amide bonds. The molecule has 2 atom stereocenters. The van der Waals surface area contributed by atoms with Crippen LogP contribution < -0.4 is 0 Å². The van der Waals surface area contributed by atoms with Crippen LogP contribution in [-0.2, 0) is 4.79 Å². The number of hydrogen-bond acceptors (Lipinski definition) is 2. The van der Waals surface area contributed by atoms with Gasteiger partial charge in [-0.15, -0.1) is 0 Å². The SMILES string of the molecule is O=CC1CC1c1cc(Cl)nc(Cl)c1. The molecule has 0 N–H and O–H groups in total. The van der Waals surface area contributed by atoms with Gasteiger partial charge in [0.1, 0.15) is 16.6 Å². The number of carbonyl (C=O) groups is 1. The van der Waals surface area contributed by atoms with Gasteiger partial charge in [-0.1, -0.05) is 23.2 Å². The lowest BCUT2D eigenvalue weighted by atomic mass is 10.1. The zero-order chi connectivity index (χ0) is 9.42. The van der Waals surface area contributed by atoms with E-state index in [1.165, 1.54) is 0 Å². The summed E-state index contributed by atoms with van der Waals surface area (Å²) in [5.74, 6) is 0.449. The molecule has 1 aromatic heterocycles. The number of carbonyl (C=O) groups excluding carboxylic acids is 1. The van der Waals surface area contributed by atoms with E-state index in [4.69, 9.17) is 23.2 Å². The number of rotatable bonds is 2. The average Bonchev–Trinajstić information content (AvgIpc) is 2.80. The fraction of sp³-hybridized carbons (Fsp3) is 0.333. The molecule has 1 saturated carbocycles. The van der Waals surface area contributed by atoms with E-state index in [0.29, 0.717) is 16.2 Å². The Morgan fingerprint density at radius 1 is 1.38 bits per heavy atom. The Balaban J connectivity index is 2.26. The van der Waals surface area contributed by atoms with E-state index in [1.54, 1.807) is 12.1 Å². The summed E-state index contributed by atoms with van der Waals surface area (Å²) in [5.41, 5.74) is 1.02. The van der Waals surface area contributed by atoms with Crippen LogP contribution >= 0.6 is 23.2 Å². The largest absolute Gasteiger partial charge is 0.303 e. The van der Waals surface area contributed by atoms with Gasteiger partial charge in [-0.2, -0.15) is 0 Å². The first kappa shape index (κ1) is 8.97. The summed E-state index contributed by atoms with van der Waals surface area (Å²) in [5, 5.41) is 0.776. The molecule has 1 fully saturated rings. The number of hydrogen-bond donors (Lipinski definition) is 0. The number of nitrogens with zero attached hydrogens (tertiary/aromatic N) is 1. The zero-order valence-corrected chi connectivity index (χ0v) is 8.22. The second kappa shape index (κ2) is 3.28. The molecular formula is C9H7Cl2NO. The second-order valence-corrected chi connectivity index (χ2v) is 3.96. The van der Waals surface area contributed by atoms with E-state index in [0.717, 1.165) is 18.3 Å². The standard InChI is InChI=1S/C9H7Cl2NO/c10-8-2-5(3-9(11)12-8)7-1-6(7)4-13/h2-4,6-7H,1H2. The van der Waals surface area contributed by atoms with Crippen molar-refractivity contribution in [1.29, 1.82) is 0 Å². The van der Waals surface area contributed by atoms with E-state index in [2.05, 4.69) is 4.98 Å². The fourth-order valence-corrected chi connectivity index (χ4v) is 1.92. The highest BCUT2D eigenvalue weighted by molar-refractivity contribution is 6.32. The van der Waals surface area contributed by atoms with Crippen molar-refractivity contribution in [2.75, 3.05) is 0 Å². The monoisotopic (exact) mass is 215 g/mol. The van der Waals surface area contributed by atoms with Gasteiger partial charge in [0.2, 0.25) is 0 Å². The van der Waals surface area contributed by atoms with E-state index in [-0.39, 0.29) is 5.92 Å². The van der Waals surface area contributed by atoms with Crippen LogP contribution in [0.2, 0.25) is 10.3 Å². The second-order valence-electron chi connectivity index (χ2n) is 3.19. The van der Waals surface area contributed by atoms with Gasteiger partial charge in [0.15, 0.2) is 0 Å². The highest BCUT2D eigenvalue weighted by atomic mass is 35.5. The lowest BCUT2D eigenvalue weighted by molar-refractivity contribution is -0.108. The minimum absolute atomic E-state index is 0.148. The number of halogens is 2. The van der Waals surface area contributed by atoms with Gasteiger partial charge >= 0.3 is 0 Å². The molecule has 68 valence electrons. The predicted octanol–water partition coefficient (Wildman–Crippen LogP) is 2.69. The Bertz CT molecular complexity index is 333. The van der Waals surface area contributed by atoms with Crippen LogP contribution in [0.4, 0.5) is 0 Å². The Labute approximate surface area is 85.9 Å². The van der Waals surface area contributed by atoms with E-state index < -0.39 is 0 Å². The van der Waals surface area contributed by atoms with Gasteiger partial charge in [0.05, 0.1) is 0 Å². The molecule has 0 bridgehead atoms. The van der Waals surface area contributed by atoms with Crippen LogP contribution in [0.3, 0.4) is 0 Å². The zero-order valence-electron chi connectivity index (χ0n) is 6.71. The van der Waals surface area contributed by atoms with Crippen molar-refractivity contribution in [1.82, 2.24) is 4.98 Å². The third-order valence-corrected chi connectivity index (χ3v) is 2.62. The van der Waals surface area contributed by atoms with Gasteiger partial charge < -0.3 is 4.79 Å². The Morgan fingerprint density at radius 3 is 2.46 bits per heavy atom. The molecule has 2 unspecified atom stereocenters. The molecule has 0 radical (unpaired) electrons. The average molecular weight is 216 g/mol. The summed E-state index contributed by atoms with van der Waals surface area (Å²) in [6, 6.07) is 3.53. The third-order valence-electron chi connectivity index (χ3n) is 2.23. The number of aldehydes is 1. The van der Waals surface area contributed by atoms with Gasteiger partial charge in [-0.05, 0) is 30.0 Å². The maximum atomic E-state index is 10.4.